The van der Waals surface area contributed by atoms with Crippen LogP contribution in [0.3, 0.4) is 0 Å². The fraction of sp³-hybridized carbons (Fsp3) is 0.280. The molecule has 0 radical (unpaired) electrons. The molecule has 0 saturated carbocycles. The minimum Gasteiger partial charge on any atom is -0.391 e. The van der Waals surface area contributed by atoms with Gasteiger partial charge in [-0.2, -0.15) is 5.26 Å². The summed E-state index contributed by atoms with van der Waals surface area (Å²) in [5.41, 5.74) is 2.97. The number of thiophene rings is 1. The van der Waals surface area contributed by atoms with E-state index in [4.69, 9.17) is 0 Å². The number of nitrogens with zero attached hydrogens (tertiary/aromatic N) is 2. The normalized spacial score (nSPS) is 12.8. The number of benzene rings is 2. The van der Waals surface area contributed by atoms with E-state index in [1.807, 2.05) is 39.2 Å². The van der Waals surface area contributed by atoms with Crippen molar-refractivity contribution in [1.82, 2.24) is 5.32 Å². The number of hydrogen-bond donors (Lipinski definition) is 2. The second-order valence-electron chi connectivity index (χ2n) is 7.69. The Balaban J connectivity index is 1.87. The van der Waals surface area contributed by atoms with Gasteiger partial charge in [0, 0.05) is 36.1 Å². The standard InChI is InChI=1S/C25H27N3O2S/c1-5-21(29)15-27-25(30)22(14-26)16(2)23-10-11-24(31-23)19-7-6-18-13-20(28(3)4)9-8-17(18)12-19/h6-13,21,29H,5,15H2,1-4H3,(H,27,30)/b22-16+. The molecule has 1 amide bonds. The summed E-state index contributed by atoms with van der Waals surface area (Å²) in [6, 6.07) is 18.7. The number of nitriles is 1. The molecule has 0 aliphatic heterocycles. The molecule has 0 saturated heterocycles. The van der Waals surface area contributed by atoms with Crippen molar-refractivity contribution in [3.63, 3.8) is 0 Å². The molecule has 3 aromatic rings. The van der Waals surface area contributed by atoms with E-state index in [1.165, 1.54) is 5.39 Å². The molecular formula is C25H27N3O2S. The molecule has 5 nitrogen and oxygen atoms in total. The average Bonchev–Trinajstić information content (AvgIpc) is 3.27. The predicted molar refractivity (Wildman–Crippen MR) is 129 cm³/mol. The van der Waals surface area contributed by atoms with Crippen LogP contribution >= 0.6 is 11.3 Å². The maximum atomic E-state index is 12.4. The first-order valence-electron chi connectivity index (χ1n) is 10.2. The van der Waals surface area contributed by atoms with E-state index in [0.717, 1.165) is 26.4 Å². The number of anilines is 1. The van der Waals surface area contributed by atoms with Gasteiger partial charge in [-0.05, 0) is 65.6 Å². The first-order chi connectivity index (χ1) is 14.8. The van der Waals surface area contributed by atoms with Crippen molar-refractivity contribution in [2.75, 3.05) is 25.5 Å². The third kappa shape index (κ3) is 5.13. The number of hydrogen-bond acceptors (Lipinski definition) is 5. The van der Waals surface area contributed by atoms with Crippen LogP contribution in [0.2, 0.25) is 0 Å². The Labute approximate surface area is 187 Å². The van der Waals surface area contributed by atoms with Gasteiger partial charge in [-0.3, -0.25) is 4.79 Å². The summed E-state index contributed by atoms with van der Waals surface area (Å²) < 4.78 is 0. The monoisotopic (exact) mass is 433 g/mol. The molecule has 2 N–H and O–H groups in total. The van der Waals surface area contributed by atoms with Crippen LogP contribution in [0.4, 0.5) is 5.69 Å². The molecule has 0 aliphatic carbocycles. The second kappa shape index (κ2) is 9.78. The van der Waals surface area contributed by atoms with Crippen molar-refractivity contribution in [2.24, 2.45) is 0 Å². The second-order valence-corrected chi connectivity index (χ2v) is 8.77. The summed E-state index contributed by atoms with van der Waals surface area (Å²) in [5, 5.41) is 24.2. The SMILES string of the molecule is CCC(O)CNC(=O)/C(C#N)=C(\C)c1ccc(-c2ccc3cc(N(C)C)ccc3c2)s1. The van der Waals surface area contributed by atoms with E-state index in [2.05, 4.69) is 46.6 Å². The van der Waals surface area contributed by atoms with Crippen molar-refractivity contribution in [3.8, 4) is 16.5 Å². The zero-order valence-electron chi connectivity index (χ0n) is 18.3. The number of carbonyl (C=O) groups is 1. The number of amides is 1. The lowest BCUT2D eigenvalue weighted by molar-refractivity contribution is -0.117. The van der Waals surface area contributed by atoms with Crippen LogP contribution in [-0.2, 0) is 4.79 Å². The Hall–Kier alpha value is -3.14. The number of fused-ring (bicyclic) bond motifs is 1. The summed E-state index contributed by atoms with van der Waals surface area (Å²) in [4.78, 5) is 16.4. The molecule has 0 fully saturated rings. The number of aliphatic hydroxyl groups excluding tert-OH is 1. The number of allylic oxidation sites excluding steroid dienone is 1. The fourth-order valence-electron chi connectivity index (χ4n) is 3.23. The lowest BCUT2D eigenvalue weighted by atomic mass is 10.0. The average molecular weight is 434 g/mol. The topological polar surface area (TPSA) is 76.4 Å². The van der Waals surface area contributed by atoms with Gasteiger partial charge in [0.1, 0.15) is 11.6 Å². The molecule has 1 atom stereocenters. The highest BCUT2D eigenvalue weighted by Crippen LogP contribution is 2.35. The smallest absolute Gasteiger partial charge is 0.262 e. The van der Waals surface area contributed by atoms with E-state index in [-0.39, 0.29) is 12.1 Å². The first-order valence-corrected chi connectivity index (χ1v) is 11.0. The van der Waals surface area contributed by atoms with Gasteiger partial charge < -0.3 is 15.3 Å². The molecule has 0 aliphatic rings. The Bertz CT molecular complexity index is 1170. The predicted octanol–water partition coefficient (Wildman–Crippen LogP) is 4.82. The van der Waals surface area contributed by atoms with Gasteiger partial charge in [0.05, 0.1) is 6.10 Å². The Morgan fingerprint density at radius 1 is 1.16 bits per heavy atom. The third-order valence-electron chi connectivity index (χ3n) is 5.28. The highest BCUT2D eigenvalue weighted by molar-refractivity contribution is 7.16. The molecule has 2 aromatic carbocycles. The van der Waals surface area contributed by atoms with Gasteiger partial charge >= 0.3 is 0 Å². The van der Waals surface area contributed by atoms with Crippen LogP contribution in [0.25, 0.3) is 26.8 Å². The largest absolute Gasteiger partial charge is 0.391 e. The summed E-state index contributed by atoms with van der Waals surface area (Å²) in [6.45, 7) is 3.76. The van der Waals surface area contributed by atoms with Crippen LogP contribution in [-0.4, -0.2) is 37.8 Å². The summed E-state index contributed by atoms with van der Waals surface area (Å²) in [6.07, 6.45) is -0.0688. The van der Waals surface area contributed by atoms with Gasteiger partial charge in [0.25, 0.3) is 5.91 Å². The van der Waals surface area contributed by atoms with Gasteiger partial charge in [-0.15, -0.1) is 11.3 Å². The molecular weight excluding hydrogens is 406 g/mol. The van der Waals surface area contributed by atoms with E-state index < -0.39 is 12.0 Å². The number of aliphatic hydroxyl groups is 1. The molecule has 0 bridgehead atoms. The molecule has 0 spiro atoms. The van der Waals surface area contributed by atoms with Gasteiger partial charge in [0.2, 0.25) is 0 Å². The van der Waals surface area contributed by atoms with Gasteiger partial charge in [-0.1, -0.05) is 25.1 Å². The maximum absolute atomic E-state index is 12.4. The van der Waals surface area contributed by atoms with Crippen molar-refractivity contribution < 1.29 is 9.90 Å². The highest BCUT2D eigenvalue weighted by Gasteiger charge is 2.16. The molecule has 1 unspecified atom stereocenters. The Morgan fingerprint density at radius 2 is 1.87 bits per heavy atom. The molecule has 1 heterocycles. The van der Waals surface area contributed by atoms with E-state index in [1.54, 1.807) is 18.3 Å². The quantitative estimate of drug-likeness (QED) is 0.414. The fourth-order valence-corrected chi connectivity index (χ4v) is 4.24. The zero-order valence-corrected chi connectivity index (χ0v) is 19.1. The zero-order chi connectivity index (χ0) is 22.5. The van der Waals surface area contributed by atoms with Crippen LogP contribution in [0.5, 0.6) is 0 Å². The van der Waals surface area contributed by atoms with Crippen LogP contribution in [0.1, 0.15) is 25.1 Å². The highest BCUT2D eigenvalue weighted by atomic mass is 32.1. The van der Waals surface area contributed by atoms with Crippen LogP contribution in [0, 0.1) is 11.3 Å². The Morgan fingerprint density at radius 3 is 2.55 bits per heavy atom. The van der Waals surface area contributed by atoms with E-state index in [9.17, 15) is 15.2 Å². The third-order valence-corrected chi connectivity index (χ3v) is 6.54. The maximum Gasteiger partial charge on any atom is 0.262 e. The number of carbonyl (C=O) groups excluding carboxylic acids is 1. The van der Waals surface area contributed by atoms with E-state index >= 15 is 0 Å². The molecule has 1 aromatic heterocycles. The van der Waals surface area contributed by atoms with Crippen molar-refractivity contribution in [2.45, 2.75) is 26.4 Å². The van der Waals surface area contributed by atoms with Crippen LogP contribution < -0.4 is 10.2 Å². The lowest BCUT2D eigenvalue weighted by Gasteiger charge is -2.13. The summed E-state index contributed by atoms with van der Waals surface area (Å²) in [7, 11) is 4.06. The van der Waals surface area contributed by atoms with Crippen molar-refractivity contribution in [3.05, 3.63) is 59.0 Å². The minimum absolute atomic E-state index is 0.0754. The van der Waals surface area contributed by atoms with Crippen molar-refractivity contribution >= 4 is 39.3 Å². The molecule has 6 heteroatoms. The first kappa shape index (κ1) is 22.5. The van der Waals surface area contributed by atoms with Crippen molar-refractivity contribution in [1.29, 1.82) is 5.26 Å². The van der Waals surface area contributed by atoms with Gasteiger partial charge in [0.15, 0.2) is 0 Å². The van der Waals surface area contributed by atoms with Gasteiger partial charge in [-0.25, -0.2) is 0 Å². The lowest BCUT2D eigenvalue weighted by Crippen LogP contribution is -2.32. The Kier molecular flexibility index (Phi) is 7.11. The van der Waals surface area contributed by atoms with Crippen LogP contribution in [0.15, 0.2) is 54.1 Å². The number of nitrogens with one attached hydrogen (secondary N) is 1. The summed E-state index contributed by atoms with van der Waals surface area (Å²) >= 11 is 1.55. The number of rotatable bonds is 7. The summed E-state index contributed by atoms with van der Waals surface area (Å²) in [5.74, 6) is -0.454. The van der Waals surface area contributed by atoms with E-state index in [0.29, 0.717) is 12.0 Å². The molecule has 160 valence electrons. The molecule has 3 rings (SSSR count). The molecule has 31 heavy (non-hydrogen) atoms. The minimum atomic E-state index is -0.612.